The number of hydrogen-bond acceptors (Lipinski definition) is 4. The lowest BCUT2D eigenvalue weighted by molar-refractivity contribution is -0.135. The van der Waals surface area contributed by atoms with Gasteiger partial charge >= 0.3 is 0 Å². The molecular weight excluding hydrogens is 316 g/mol. The molecule has 2 aromatic rings. The number of nitrogens with one attached hydrogen (secondary N) is 1. The average Bonchev–Trinajstić information content (AvgIpc) is 3.17. The number of alkyl halides is 2. The van der Waals surface area contributed by atoms with E-state index in [-0.39, 0.29) is 5.91 Å². The third-order valence-corrected chi connectivity index (χ3v) is 4.50. The maximum absolute atomic E-state index is 13.3. The Bertz CT molecular complexity index is 761. The van der Waals surface area contributed by atoms with Crippen molar-refractivity contribution in [3.63, 3.8) is 0 Å². The van der Waals surface area contributed by atoms with Gasteiger partial charge in [0.25, 0.3) is 5.92 Å². The van der Waals surface area contributed by atoms with Gasteiger partial charge in [0, 0.05) is 25.1 Å². The van der Waals surface area contributed by atoms with Gasteiger partial charge in [-0.3, -0.25) is 10.1 Å². The molecule has 6 nitrogen and oxygen atoms in total. The number of aromatic nitrogens is 3. The third-order valence-electron chi connectivity index (χ3n) is 4.50. The molecule has 1 saturated heterocycles. The van der Waals surface area contributed by atoms with E-state index in [1.165, 1.54) is 0 Å². The standard InChI is InChI=1S/C16H17F2N5O/c17-16(18)8-12(19-10-16)15(24)22-6-7-23-13(9-22)20-21-14(23)11-4-2-1-3-5-11/h1-5,12,19H,6-10H2. The summed E-state index contributed by atoms with van der Waals surface area (Å²) >= 11 is 0. The van der Waals surface area contributed by atoms with E-state index in [0.717, 1.165) is 11.4 Å². The predicted octanol–water partition coefficient (Wildman–Crippen LogP) is 1.28. The highest BCUT2D eigenvalue weighted by atomic mass is 19.3. The maximum Gasteiger partial charge on any atom is 0.262 e. The lowest BCUT2D eigenvalue weighted by atomic mass is 10.1. The van der Waals surface area contributed by atoms with Crippen LogP contribution in [0.5, 0.6) is 0 Å². The maximum atomic E-state index is 13.3. The second-order valence-corrected chi connectivity index (χ2v) is 6.21. The Morgan fingerprint density at radius 2 is 2.00 bits per heavy atom. The molecule has 1 aromatic heterocycles. The van der Waals surface area contributed by atoms with Crippen LogP contribution in [0.15, 0.2) is 30.3 Å². The van der Waals surface area contributed by atoms with E-state index in [2.05, 4.69) is 15.5 Å². The third kappa shape index (κ3) is 2.66. The Morgan fingerprint density at radius 1 is 1.21 bits per heavy atom. The molecule has 0 radical (unpaired) electrons. The normalized spacial score (nSPS) is 22.4. The van der Waals surface area contributed by atoms with Gasteiger partial charge in [0.05, 0.1) is 19.1 Å². The molecule has 4 rings (SSSR count). The van der Waals surface area contributed by atoms with E-state index in [1.807, 2.05) is 34.9 Å². The average molecular weight is 333 g/mol. The minimum absolute atomic E-state index is 0.289. The molecule has 8 heteroatoms. The van der Waals surface area contributed by atoms with Crippen molar-refractivity contribution < 1.29 is 13.6 Å². The summed E-state index contributed by atoms with van der Waals surface area (Å²) in [6.07, 6.45) is -0.440. The molecule has 126 valence electrons. The summed E-state index contributed by atoms with van der Waals surface area (Å²) in [5.74, 6) is -1.65. The Hall–Kier alpha value is -2.35. The molecule has 0 spiro atoms. The number of rotatable bonds is 2. The molecule has 2 aliphatic heterocycles. The molecule has 24 heavy (non-hydrogen) atoms. The molecule has 1 N–H and O–H groups in total. The molecule has 3 heterocycles. The van der Waals surface area contributed by atoms with Gasteiger partial charge < -0.3 is 9.47 Å². The van der Waals surface area contributed by atoms with Crippen molar-refractivity contribution in [2.45, 2.75) is 31.5 Å². The van der Waals surface area contributed by atoms with Crippen LogP contribution < -0.4 is 5.32 Å². The van der Waals surface area contributed by atoms with Gasteiger partial charge in [-0.05, 0) is 0 Å². The zero-order valence-electron chi connectivity index (χ0n) is 13.0. The highest BCUT2D eigenvalue weighted by molar-refractivity contribution is 5.82. The molecule has 1 amide bonds. The molecule has 2 aliphatic rings. The lowest BCUT2D eigenvalue weighted by Crippen LogP contribution is -2.46. The van der Waals surface area contributed by atoms with E-state index in [4.69, 9.17) is 0 Å². The number of nitrogens with zero attached hydrogens (tertiary/aromatic N) is 4. The summed E-state index contributed by atoms with van der Waals surface area (Å²) in [4.78, 5) is 14.0. The zero-order valence-corrected chi connectivity index (χ0v) is 13.0. The SMILES string of the molecule is O=C(C1CC(F)(F)CN1)N1CCn2c(nnc2-c2ccccc2)C1. The summed E-state index contributed by atoms with van der Waals surface area (Å²) in [6.45, 7) is 0.878. The highest BCUT2D eigenvalue weighted by Gasteiger charge is 2.44. The Morgan fingerprint density at radius 3 is 2.71 bits per heavy atom. The lowest BCUT2D eigenvalue weighted by Gasteiger charge is -2.29. The predicted molar refractivity (Wildman–Crippen MR) is 82.2 cm³/mol. The fourth-order valence-corrected chi connectivity index (χ4v) is 3.26. The minimum Gasteiger partial charge on any atom is -0.332 e. The smallest absolute Gasteiger partial charge is 0.262 e. The van der Waals surface area contributed by atoms with E-state index in [9.17, 15) is 13.6 Å². The zero-order chi connectivity index (χ0) is 16.7. The van der Waals surface area contributed by atoms with Crippen molar-refractivity contribution in [3.8, 4) is 11.4 Å². The number of carbonyl (C=O) groups excluding carboxylic acids is 1. The van der Waals surface area contributed by atoms with Crippen LogP contribution in [-0.2, 0) is 17.9 Å². The molecule has 1 atom stereocenters. The van der Waals surface area contributed by atoms with Crippen LogP contribution in [0.4, 0.5) is 8.78 Å². The molecule has 1 fully saturated rings. The van der Waals surface area contributed by atoms with Crippen LogP contribution in [0.1, 0.15) is 12.2 Å². The Balaban J connectivity index is 1.51. The number of benzene rings is 1. The van der Waals surface area contributed by atoms with Gasteiger partial charge in [0.15, 0.2) is 11.6 Å². The molecule has 0 aliphatic carbocycles. The first-order valence-electron chi connectivity index (χ1n) is 7.91. The van der Waals surface area contributed by atoms with E-state index in [0.29, 0.717) is 25.5 Å². The number of fused-ring (bicyclic) bond motifs is 1. The first-order valence-corrected chi connectivity index (χ1v) is 7.91. The van der Waals surface area contributed by atoms with Crippen molar-refractivity contribution >= 4 is 5.91 Å². The number of carbonyl (C=O) groups is 1. The van der Waals surface area contributed by atoms with Crippen molar-refractivity contribution in [1.29, 1.82) is 0 Å². The molecule has 1 unspecified atom stereocenters. The fourth-order valence-electron chi connectivity index (χ4n) is 3.26. The Kier molecular flexibility index (Phi) is 3.56. The van der Waals surface area contributed by atoms with Gasteiger partial charge in [-0.2, -0.15) is 0 Å². The monoisotopic (exact) mass is 333 g/mol. The summed E-state index contributed by atoms with van der Waals surface area (Å²) in [5, 5.41) is 11.0. The molecular formula is C16H17F2N5O. The van der Waals surface area contributed by atoms with E-state index in [1.54, 1.807) is 4.90 Å². The van der Waals surface area contributed by atoms with Crippen LogP contribution in [0.2, 0.25) is 0 Å². The number of halogens is 2. The number of amides is 1. The first kappa shape index (κ1) is 15.2. The molecule has 1 aromatic carbocycles. The van der Waals surface area contributed by atoms with Crippen LogP contribution >= 0.6 is 0 Å². The van der Waals surface area contributed by atoms with Crippen molar-refractivity contribution in [1.82, 2.24) is 25.0 Å². The van der Waals surface area contributed by atoms with Gasteiger partial charge in [0.2, 0.25) is 5.91 Å². The van der Waals surface area contributed by atoms with Gasteiger partial charge in [-0.1, -0.05) is 30.3 Å². The summed E-state index contributed by atoms with van der Waals surface area (Å²) in [5.41, 5.74) is 0.966. The quantitative estimate of drug-likeness (QED) is 0.899. The van der Waals surface area contributed by atoms with Crippen LogP contribution in [0.25, 0.3) is 11.4 Å². The molecule has 0 saturated carbocycles. The highest BCUT2D eigenvalue weighted by Crippen LogP contribution is 2.27. The van der Waals surface area contributed by atoms with Crippen LogP contribution in [0.3, 0.4) is 0 Å². The van der Waals surface area contributed by atoms with Gasteiger partial charge in [-0.25, -0.2) is 8.78 Å². The molecule has 0 bridgehead atoms. The summed E-state index contributed by atoms with van der Waals surface area (Å²) in [7, 11) is 0. The number of hydrogen-bond donors (Lipinski definition) is 1. The minimum atomic E-state index is -2.81. The summed E-state index contributed by atoms with van der Waals surface area (Å²) < 4.78 is 28.6. The van der Waals surface area contributed by atoms with Crippen molar-refractivity contribution in [2.75, 3.05) is 13.1 Å². The second-order valence-electron chi connectivity index (χ2n) is 6.21. The first-order chi connectivity index (χ1) is 11.5. The van der Waals surface area contributed by atoms with Crippen molar-refractivity contribution in [2.24, 2.45) is 0 Å². The van der Waals surface area contributed by atoms with E-state index < -0.39 is 24.9 Å². The van der Waals surface area contributed by atoms with Crippen LogP contribution in [0, 0.1) is 0 Å². The second kappa shape index (κ2) is 5.62. The van der Waals surface area contributed by atoms with Gasteiger partial charge in [-0.15, -0.1) is 10.2 Å². The van der Waals surface area contributed by atoms with E-state index >= 15 is 0 Å². The van der Waals surface area contributed by atoms with Crippen LogP contribution in [-0.4, -0.2) is 50.6 Å². The largest absolute Gasteiger partial charge is 0.332 e. The topological polar surface area (TPSA) is 63.1 Å². The fraction of sp³-hybridized carbons (Fsp3) is 0.438. The summed E-state index contributed by atoms with van der Waals surface area (Å²) in [6, 6.07) is 8.90. The van der Waals surface area contributed by atoms with Gasteiger partial charge in [0.1, 0.15) is 0 Å². The van der Waals surface area contributed by atoms with Crippen molar-refractivity contribution in [3.05, 3.63) is 36.2 Å². The Labute approximate surface area is 137 Å².